The standard InChI is InChI=1S/C10H5ClFNO3/c11-9-7(10(14)15)8(16-13-9)5-3-1-2-4-6(5)12/h1-4H,(H,14,15). The molecule has 0 amide bonds. The van der Waals surface area contributed by atoms with Gasteiger partial charge in [0.15, 0.2) is 10.9 Å². The maximum Gasteiger partial charge on any atom is 0.342 e. The fraction of sp³-hybridized carbons (Fsp3) is 0. The molecule has 0 bridgehead atoms. The van der Waals surface area contributed by atoms with Gasteiger partial charge in [-0.25, -0.2) is 9.18 Å². The van der Waals surface area contributed by atoms with E-state index in [1.165, 1.54) is 18.2 Å². The highest BCUT2D eigenvalue weighted by molar-refractivity contribution is 6.32. The molecule has 0 saturated carbocycles. The maximum absolute atomic E-state index is 13.4. The van der Waals surface area contributed by atoms with Crippen LogP contribution in [0.4, 0.5) is 4.39 Å². The maximum atomic E-state index is 13.4. The van der Waals surface area contributed by atoms with Gasteiger partial charge in [-0.05, 0) is 12.1 Å². The number of hydrogen-bond donors (Lipinski definition) is 1. The molecule has 0 fully saturated rings. The first-order valence-electron chi connectivity index (χ1n) is 4.24. The minimum atomic E-state index is -1.32. The van der Waals surface area contributed by atoms with Crippen LogP contribution in [0.1, 0.15) is 10.4 Å². The van der Waals surface area contributed by atoms with Crippen molar-refractivity contribution in [2.24, 2.45) is 0 Å². The Hall–Kier alpha value is -1.88. The number of aromatic carboxylic acids is 1. The number of benzene rings is 1. The van der Waals surface area contributed by atoms with Crippen molar-refractivity contribution < 1.29 is 18.8 Å². The van der Waals surface area contributed by atoms with Crippen LogP contribution in [0.25, 0.3) is 11.3 Å². The zero-order valence-corrected chi connectivity index (χ0v) is 8.53. The normalized spacial score (nSPS) is 10.4. The molecule has 82 valence electrons. The van der Waals surface area contributed by atoms with E-state index in [1.54, 1.807) is 6.07 Å². The van der Waals surface area contributed by atoms with Gasteiger partial charge < -0.3 is 9.63 Å². The summed E-state index contributed by atoms with van der Waals surface area (Å²) in [5, 5.41) is 11.9. The molecule has 2 aromatic rings. The number of carbonyl (C=O) groups is 1. The molecule has 0 aliphatic rings. The Morgan fingerprint density at radius 1 is 1.44 bits per heavy atom. The molecule has 0 radical (unpaired) electrons. The quantitative estimate of drug-likeness (QED) is 0.878. The van der Waals surface area contributed by atoms with Crippen molar-refractivity contribution in [1.82, 2.24) is 5.16 Å². The zero-order chi connectivity index (χ0) is 11.7. The van der Waals surface area contributed by atoms with Gasteiger partial charge in [-0.15, -0.1) is 0 Å². The minimum Gasteiger partial charge on any atom is -0.477 e. The second-order valence-corrected chi connectivity index (χ2v) is 3.32. The summed E-state index contributed by atoms with van der Waals surface area (Å²) in [6.07, 6.45) is 0. The van der Waals surface area contributed by atoms with Gasteiger partial charge >= 0.3 is 5.97 Å². The van der Waals surface area contributed by atoms with E-state index in [2.05, 4.69) is 5.16 Å². The lowest BCUT2D eigenvalue weighted by molar-refractivity contribution is 0.0697. The van der Waals surface area contributed by atoms with Crippen molar-refractivity contribution in [2.75, 3.05) is 0 Å². The molecule has 0 aliphatic carbocycles. The predicted octanol–water partition coefficient (Wildman–Crippen LogP) is 2.83. The van der Waals surface area contributed by atoms with Crippen LogP contribution in [-0.2, 0) is 0 Å². The van der Waals surface area contributed by atoms with E-state index in [0.29, 0.717) is 0 Å². The van der Waals surface area contributed by atoms with Crippen molar-refractivity contribution in [1.29, 1.82) is 0 Å². The molecule has 2 rings (SSSR count). The third-order valence-electron chi connectivity index (χ3n) is 1.98. The molecule has 4 nitrogen and oxygen atoms in total. The molecule has 0 atom stereocenters. The molecule has 1 N–H and O–H groups in total. The summed E-state index contributed by atoms with van der Waals surface area (Å²) < 4.78 is 18.1. The van der Waals surface area contributed by atoms with E-state index in [9.17, 15) is 9.18 Å². The molecule has 6 heteroatoms. The summed E-state index contributed by atoms with van der Waals surface area (Å²) in [7, 11) is 0. The number of carboxylic acids is 1. The largest absolute Gasteiger partial charge is 0.477 e. The lowest BCUT2D eigenvalue weighted by Crippen LogP contribution is -1.98. The topological polar surface area (TPSA) is 63.3 Å². The van der Waals surface area contributed by atoms with Crippen LogP contribution in [0.5, 0.6) is 0 Å². The van der Waals surface area contributed by atoms with Gasteiger partial charge in [0.05, 0.1) is 5.56 Å². The van der Waals surface area contributed by atoms with Crippen molar-refractivity contribution in [3.05, 3.63) is 40.8 Å². The summed E-state index contributed by atoms with van der Waals surface area (Å²) in [5.41, 5.74) is -0.328. The van der Waals surface area contributed by atoms with E-state index in [-0.39, 0.29) is 22.0 Å². The molecule has 0 unspecified atom stereocenters. The minimum absolute atomic E-state index is 0.0132. The summed E-state index contributed by atoms with van der Waals surface area (Å²) >= 11 is 5.53. The number of nitrogens with zero attached hydrogens (tertiary/aromatic N) is 1. The van der Waals surface area contributed by atoms with Crippen molar-refractivity contribution in [2.45, 2.75) is 0 Å². The first kappa shape index (κ1) is 10.6. The van der Waals surface area contributed by atoms with Gasteiger partial charge in [0.2, 0.25) is 0 Å². The molecule has 0 aliphatic heterocycles. The van der Waals surface area contributed by atoms with Gasteiger partial charge in [0.1, 0.15) is 11.4 Å². The smallest absolute Gasteiger partial charge is 0.342 e. The molecule has 16 heavy (non-hydrogen) atoms. The van der Waals surface area contributed by atoms with E-state index >= 15 is 0 Å². The average Bonchev–Trinajstić information content (AvgIpc) is 2.61. The van der Waals surface area contributed by atoms with Gasteiger partial charge in [0.25, 0.3) is 0 Å². The Morgan fingerprint density at radius 2 is 2.12 bits per heavy atom. The van der Waals surface area contributed by atoms with E-state index in [1.807, 2.05) is 0 Å². The van der Waals surface area contributed by atoms with Gasteiger partial charge in [0, 0.05) is 0 Å². The van der Waals surface area contributed by atoms with Crippen LogP contribution < -0.4 is 0 Å². The molecule has 0 spiro atoms. The third kappa shape index (κ3) is 1.65. The predicted molar refractivity (Wildman–Crippen MR) is 53.9 cm³/mol. The summed E-state index contributed by atoms with van der Waals surface area (Å²) in [6, 6.07) is 5.62. The summed E-state index contributed by atoms with van der Waals surface area (Å²) in [4.78, 5) is 10.9. The molecule has 0 saturated heterocycles. The van der Waals surface area contributed by atoms with Gasteiger partial charge in [-0.3, -0.25) is 0 Å². The van der Waals surface area contributed by atoms with Crippen molar-refractivity contribution in [3.63, 3.8) is 0 Å². The Balaban J connectivity index is 2.66. The first-order chi connectivity index (χ1) is 7.61. The van der Waals surface area contributed by atoms with Crippen molar-refractivity contribution >= 4 is 17.6 Å². The highest BCUT2D eigenvalue weighted by atomic mass is 35.5. The van der Waals surface area contributed by atoms with Crippen LogP contribution in [0.3, 0.4) is 0 Å². The molecule has 1 heterocycles. The molecular weight excluding hydrogens is 237 g/mol. The first-order valence-corrected chi connectivity index (χ1v) is 4.62. The second-order valence-electron chi connectivity index (χ2n) is 2.96. The number of hydrogen-bond acceptors (Lipinski definition) is 3. The van der Waals surface area contributed by atoms with E-state index < -0.39 is 11.8 Å². The lowest BCUT2D eigenvalue weighted by atomic mass is 10.1. The van der Waals surface area contributed by atoms with Crippen LogP contribution in [0, 0.1) is 5.82 Å². The van der Waals surface area contributed by atoms with Crippen LogP contribution in [0.15, 0.2) is 28.8 Å². The Kier molecular flexibility index (Phi) is 2.62. The Morgan fingerprint density at radius 3 is 2.75 bits per heavy atom. The lowest BCUT2D eigenvalue weighted by Gasteiger charge is -1.98. The molecular formula is C10H5ClFNO3. The fourth-order valence-electron chi connectivity index (χ4n) is 1.29. The van der Waals surface area contributed by atoms with Crippen LogP contribution in [0.2, 0.25) is 5.15 Å². The van der Waals surface area contributed by atoms with Gasteiger partial charge in [-0.2, -0.15) is 0 Å². The highest BCUT2D eigenvalue weighted by Crippen LogP contribution is 2.30. The number of halogens is 2. The zero-order valence-electron chi connectivity index (χ0n) is 7.78. The SMILES string of the molecule is O=C(O)c1c(Cl)noc1-c1ccccc1F. The fourth-order valence-corrected chi connectivity index (χ4v) is 1.49. The summed E-state index contributed by atoms with van der Waals surface area (Å²) in [5.74, 6) is -2.10. The van der Waals surface area contributed by atoms with Gasteiger partial charge in [-0.1, -0.05) is 28.9 Å². The summed E-state index contributed by atoms with van der Waals surface area (Å²) in [6.45, 7) is 0. The number of aromatic nitrogens is 1. The van der Waals surface area contributed by atoms with Crippen LogP contribution in [-0.4, -0.2) is 16.2 Å². The number of rotatable bonds is 2. The van der Waals surface area contributed by atoms with E-state index in [0.717, 1.165) is 0 Å². The monoisotopic (exact) mass is 241 g/mol. The molecule has 1 aromatic carbocycles. The second kappa shape index (κ2) is 3.94. The third-order valence-corrected chi connectivity index (χ3v) is 2.24. The van der Waals surface area contributed by atoms with E-state index in [4.69, 9.17) is 21.2 Å². The van der Waals surface area contributed by atoms with Crippen molar-refractivity contribution in [3.8, 4) is 11.3 Å². The molecule has 1 aromatic heterocycles. The average molecular weight is 242 g/mol. The number of carboxylic acid groups (broad SMARTS) is 1. The Labute approximate surface area is 94.2 Å². The Bertz CT molecular complexity index is 553. The highest BCUT2D eigenvalue weighted by Gasteiger charge is 2.24. The van der Waals surface area contributed by atoms with Crippen LogP contribution >= 0.6 is 11.6 Å².